The molecule has 0 heterocycles. The summed E-state index contributed by atoms with van der Waals surface area (Å²) < 4.78 is 4.46. The van der Waals surface area contributed by atoms with E-state index in [0.29, 0.717) is 0 Å². The summed E-state index contributed by atoms with van der Waals surface area (Å²) in [7, 11) is 0. The average molecular weight is 377 g/mol. The Labute approximate surface area is 167 Å². The third-order valence-corrected chi connectivity index (χ3v) is 4.53. The van der Waals surface area contributed by atoms with Gasteiger partial charge in [-0.25, -0.2) is 0 Å². The van der Waals surface area contributed by atoms with Gasteiger partial charge >= 0.3 is 5.97 Å². The zero-order valence-corrected chi connectivity index (χ0v) is 17.7. The lowest BCUT2D eigenvalue weighted by Gasteiger charge is -2.03. The van der Waals surface area contributed by atoms with E-state index >= 15 is 0 Å². The number of ether oxygens (including phenoxy) is 1. The van der Waals surface area contributed by atoms with E-state index < -0.39 is 12.3 Å². The van der Waals surface area contributed by atoms with Gasteiger partial charge < -0.3 is 9.84 Å². The molecule has 0 saturated heterocycles. The van der Waals surface area contributed by atoms with Crippen LogP contribution >= 0.6 is 0 Å². The van der Waals surface area contributed by atoms with Crippen LogP contribution in [0.15, 0.2) is 0 Å². The molecular formula is C24H40O3. The highest BCUT2D eigenvalue weighted by Crippen LogP contribution is 2.13. The summed E-state index contributed by atoms with van der Waals surface area (Å²) in [4.78, 5) is 10.6. The molecule has 3 nitrogen and oxygen atoms in total. The number of aliphatic hydroxyl groups is 1. The van der Waals surface area contributed by atoms with Crippen LogP contribution in [0, 0.1) is 23.7 Å². The minimum atomic E-state index is -1.37. The van der Waals surface area contributed by atoms with Crippen molar-refractivity contribution in [3.8, 4) is 23.7 Å². The fourth-order valence-corrected chi connectivity index (χ4v) is 2.98. The molecule has 0 aromatic rings. The first-order valence-electron chi connectivity index (χ1n) is 11.0. The number of rotatable bonds is 16. The van der Waals surface area contributed by atoms with Crippen molar-refractivity contribution in [2.24, 2.45) is 0 Å². The van der Waals surface area contributed by atoms with Gasteiger partial charge in [0.2, 0.25) is 0 Å². The molecule has 3 heteroatoms. The van der Waals surface area contributed by atoms with Crippen LogP contribution < -0.4 is 0 Å². The third kappa shape index (κ3) is 22.5. The molecule has 0 radical (unpaired) electrons. The van der Waals surface area contributed by atoms with E-state index in [1.54, 1.807) is 0 Å². The lowest BCUT2D eigenvalue weighted by molar-refractivity contribution is -0.156. The molecule has 0 aliphatic rings. The monoisotopic (exact) mass is 376 g/mol. The van der Waals surface area contributed by atoms with E-state index in [0.717, 1.165) is 12.8 Å². The molecule has 0 aliphatic carbocycles. The largest absolute Gasteiger partial charge is 0.424 e. The maximum Gasteiger partial charge on any atom is 0.305 e. The molecule has 0 saturated carbocycles. The molecule has 0 aliphatic heterocycles. The molecule has 0 amide bonds. The Morgan fingerprint density at radius 2 is 1.22 bits per heavy atom. The zero-order chi connectivity index (χ0) is 20.0. The molecule has 0 aromatic carbocycles. The molecule has 0 fully saturated rings. The van der Waals surface area contributed by atoms with Crippen LogP contribution in [0.2, 0.25) is 0 Å². The first-order chi connectivity index (χ1) is 13.2. The minimum Gasteiger partial charge on any atom is -0.424 e. The number of unbranched alkanes of at least 4 members (excludes halogenated alkanes) is 15. The third-order valence-electron chi connectivity index (χ3n) is 4.53. The summed E-state index contributed by atoms with van der Waals surface area (Å²) in [6, 6.07) is 0. The van der Waals surface area contributed by atoms with E-state index in [1.807, 2.05) is 0 Å². The number of esters is 1. The molecule has 0 spiro atoms. The first-order valence-corrected chi connectivity index (χ1v) is 11.0. The molecule has 27 heavy (non-hydrogen) atoms. The van der Waals surface area contributed by atoms with Crippen molar-refractivity contribution in [1.29, 1.82) is 0 Å². The van der Waals surface area contributed by atoms with Crippen LogP contribution in [0.1, 0.15) is 117 Å². The first kappa shape index (κ1) is 25.6. The fraction of sp³-hybridized carbons (Fsp3) is 0.792. The van der Waals surface area contributed by atoms with Crippen LogP contribution in [0.3, 0.4) is 0 Å². The van der Waals surface area contributed by atoms with Gasteiger partial charge in [0.25, 0.3) is 6.29 Å². The molecule has 1 unspecified atom stereocenters. The number of hydrogen-bond acceptors (Lipinski definition) is 3. The Kier molecular flexibility index (Phi) is 19.7. The fourth-order valence-electron chi connectivity index (χ4n) is 2.98. The smallest absolute Gasteiger partial charge is 0.305 e. The summed E-state index contributed by atoms with van der Waals surface area (Å²) in [6.45, 7) is 3.50. The van der Waals surface area contributed by atoms with Crippen molar-refractivity contribution in [3.63, 3.8) is 0 Å². The van der Waals surface area contributed by atoms with Crippen molar-refractivity contribution in [3.05, 3.63) is 0 Å². The summed E-state index contributed by atoms with van der Waals surface area (Å²) in [5.74, 6) is 9.95. The van der Waals surface area contributed by atoms with Crippen molar-refractivity contribution in [2.45, 2.75) is 123 Å². The maximum atomic E-state index is 10.6. The van der Waals surface area contributed by atoms with Crippen LogP contribution in [0.5, 0.6) is 0 Å². The van der Waals surface area contributed by atoms with E-state index in [9.17, 15) is 9.90 Å². The van der Waals surface area contributed by atoms with Crippen LogP contribution in [0.4, 0.5) is 0 Å². The molecule has 0 bridgehead atoms. The minimum absolute atomic E-state index is 0.553. The Morgan fingerprint density at radius 1 is 0.778 bits per heavy atom. The highest BCUT2D eigenvalue weighted by molar-refractivity contribution is 5.66. The zero-order valence-electron chi connectivity index (χ0n) is 17.7. The standard InChI is InChI=1S/C24H40O3/c1-3-4-5-6-7-8-9-10-11-12-13-14-15-16-17-18-19-20-21-22-24(26)27-23(2)25/h24,26H,3-18H2,1-2H3. The predicted octanol–water partition coefficient (Wildman–Crippen LogP) is 6.14. The normalized spacial score (nSPS) is 11.1. The van der Waals surface area contributed by atoms with Crippen LogP contribution in [-0.4, -0.2) is 17.4 Å². The van der Waals surface area contributed by atoms with Gasteiger partial charge in [-0.1, -0.05) is 103 Å². The lowest BCUT2D eigenvalue weighted by Crippen LogP contribution is -2.12. The van der Waals surface area contributed by atoms with Gasteiger partial charge in [-0.05, 0) is 24.2 Å². The van der Waals surface area contributed by atoms with Gasteiger partial charge in [-0.15, -0.1) is 0 Å². The average Bonchev–Trinajstić information content (AvgIpc) is 2.63. The van der Waals surface area contributed by atoms with Gasteiger partial charge in [0.05, 0.1) is 0 Å². The maximum absolute atomic E-state index is 10.6. The SMILES string of the molecule is CCCCCCCCCCCCCCCCCC#CC#CC(O)OC(C)=O. The molecule has 0 aromatic heterocycles. The van der Waals surface area contributed by atoms with Gasteiger partial charge in [-0.2, -0.15) is 0 Å². The van der Waals surface area contributed by atoms with Crippen molar-refractivity contribution < 1.29 is 14.6 Å². The van der Waals surface area contributed by atoms with Crippen molar-refractivity contribution in [1.82, 2.24) is 0 Å². The molecule has 1 atom stereocenters. The van der Waals surface area contributed by atoms with Gasteiger partial charge in [0, 0.05) is 13.3 Å². The Morgan fingerprint density at radius 3 is 1.67 bits per heavy atom. The number of hydrogen-bond donors (Lipinski definition) is 1. The van der Waals surface area contributed by atoms with Crippen LogP contribution in [0.25, 0.3) is 0 Å². The summed E-state index contributed by atoms with van der Waals surface area (Å²) >= 11 is 0. The second-order valence-electron chi connectivity index (χ2n) is 7.23. The number of carbonyl (C=O) groups is 1. The second-order valence-corrected chi connectivity index (χ2v) is 7.23. The highest BCUT2D eigenvalue weighted by atomic mass is 16.6. The van der Waals surface area contributed by atoms with E-state index in [1.165, 1.54) is 96.8 Å². The number of aliphatic hydroxyl groups excluding tert-OH is 1. The van der Waals surface area contributed by atoms with Gasteiger partial charge in [0.15, 0.2) is 0 Å². The molecule has 1 N–H and O–H groups in total. The van der Waals surface area contributed by atoms with Crippen molar-refractivity contribution in [2.75, 3.05) is 0 Å². The quantitative estimate of drug-likeness (QED) is 0.152. The van der Waals surface area contributed by atoms with Gasteiger partial charge in [0.1, 0.15) is 0 Å². The molecular weight excluding hydrogens is 336 g/mol. The van der Waals surface area contributed by atoms with E-state index in [2.05, 4.69) is 35.3 Å². The number of carbonyl (C=O) groups excluding carboxylic acids is 1. The van der Waals surface area contributed by atoms with Gasteiger partial charge in [-0.3, -0.25) is 4.79 Å². The molecule has 0 rings (SSSR count). The summed E-state index contributed by atoms with van der Waals surface area (Å²) in [5, 5.41) is 9.18. The lowest BCUT2D eigenvalue weighted by atomic mass is 10.0. The predicted molar refractivity (Wildman–Crippen MR) is 113 cm³/mol. The second kappa shape index (κ2) is 20.9. The summed E-state index contributed by atoms with van der Waals surface area (Å²) in [6.07, 6.45) is 19.8. The molecule has 154 valence electrons. The van der Waals surface area contributed by atoms with Crippen molar-refractivity contribution >= 4 is 5.97 Å². The van der Waals surface area contributed by atoms with E-state index in [4.69, 9.17) is 0 Å². The van der Waals surface area contributed by atoms with E-state index in [-0.39, 0.29) is 0 Å². The van der Waals surface area contributed by atoms with Crippen LogP contribution in [-0.2, 0) is 9.53 Å². The highest BCUT2D eigenvalue weighted by Gasteiger charge is 2.00. The summed E-state index contributed by atoms with van der Waals surface area (Å²) in [5.41, 5.74) is 0. The Hall–Kier alpha value is -1.45. The Bertz CT molecular complexity index is 461. The topological polar surface area (TPSA) is 46.5 Å². The Balaban J connectivity index is 3.27.